The second-order valence-electron chi connectivity index (χ2n) is 7.05. The summed E-state index contributed by atoms with van der Waals surface area (Å²) in [5.74, 6) is 1.48. The van der Waals surface area contributed by atoms with Gasteiger partial charge in [0.05, 0.1) is 6.10 Å². The third-order valence-corrected chi connectivity index (χ3v) is 5.72. The average Bonchev–Trinajstić information content (AvgIpc) is 2.46. The minimum atomic E-state index is -0.493. The summed E-state index contributed by atoms with van der Waals surface area (Å²) >= 11 is 6.02. The van der Waals surface area contributed by atoms with E-state index in [4.69, 9.17) is 17.3 Å². The van der Waals surface area contributed by atoms with Gasteiger partial charge in [0, 0.05) is 17.0 Å². The maximum atomic E-state index is 11.0. The van der Waals surface area contributed by atoms with Crippen molar-refractivity contribution in [1.29, 1.82) is 0 Å². The van der Waals surface area contributed by atoms with Crippen molar-refractivity contribution < 1.29 is 5.11 Å². The number of halogens is 1. The molecule has 0 radical (unpaired) electrons. The molecule has 2 rings (SSSR count). The van der Waals surface area contributed by atoms with Gasteiger partial charge in [-0.25, -0.2) is 0 Å². The first-order valence-corrected chi connectivity index (χ1v) is 8.41. The molecule has 0 amide bonds. The summed E-state index contributed by atoms with van der Waals surface area (Å²) in [5, 5.41) is 11.7. The molecule has 3 heteroatoms. The van der Waals surface area contributed by atoms with E-state index in [-0.39, 0.29) is 5.41 Å². The third kappa shape index (κ3) is 3.44. The molecule has 0 saturated heterocycles. The van der Waals surface area contributed by atoms with E-state index in [1.54, 1.807) is 0 Å². The minimum absolute atomic E-state index is 0.177. The fourth-order valence-corrected chi connectivity index (χ4v) is 3.97. The average molecular weight is 310 g/mol. The monoisotopic (exact) mass is 309 g/mol. The van der Waals surface area contributed by atoms with Crippen LogP contribution in [0.2, 0.25) is 5.02 Å². The number of rotatable bonds is 4. The smallest absolute Gasteiger partial charge is 0.0860 e. The minimum Gasteiger partial charge on any atom is -0.388 e. The maximum absolute atomic E-state index is 11.0. The predicted octanol–water partition coefficient (Wildman–Crippen LogP) is 4.47. The lowest BCUT2D eigenvalue weighted by atomic mass is 9.64. The zero-order valence-corrected chi connectivity index (χ0v) is 14.2. The van der Waals surface area contributed by atoms with Gasteiger partial charge in [-0.15, -0.1) is 0 Å². The van der Waals surface area contributed by atoms with Crippen molar-refractivity contribution in [3.05, 3.63) is 34.3 Å². The van der Waals surface area contributed by atoms with Crippen LogP contribution in [0.5, 0.6) is 0 Å². The highest BCUT2D eigenvalue weighted by Gasteiger charge is 2.41. The van der Waals surface area contributed by atoms with Gasteiger partial charge in [0.1, 0.15) is 0 Å². The summed E-state index contributed by atoms with van der Waals surface area (Å²) in [6.45, 7) is 7.13. The molecule has 0 aliphatic heterocycles. The van der Waals surface area contributed by atoms with Crippen LogP contribution in [0.25, 0.3) is 0 Å². The van der Waals surface area contributed by atoms with Gasteiger partial charge in [0.2, 0.25) is 0 Å². The van der Waals surface area contributed by atoms with E-state index < -0.39 is 6.10 Å². The molecule has 1 aromatic carbocycles. The number of aliphatic hydroxyl groups excluding tert-OH is 1. The normalized spacial score (nSPS) is 27.9. The molecule has 1 saturated carbocycles. The molecule has 0 spiro atoms. The highest BCUT2D eigenvalue weighted by Crippen LogP contribution is 2.48. The topological polar surface area (TPSA) is 46.2 Å². The van der Waals surface area contributed by atoms with Crippen LogP contribution in [0.3, 0.4) is 0 Å². The fourth-order valence-electron chi connectivity index (χ4n) is 3.75. The molecule has 1 unspecified atom stereocenters. The number of hydrogen-bond acceptors (Lipinski definition) is 2. The lowest BCUT2D eigenvalue weighted by Gasteiger charge is -2.44. The molecule has 118 valence electrons. The number of aryl methyl sites for hydroxylation is 1. The SMILES string of the molecule is Cc1cc(Cl)ccc1C(O)C1(CN)CCC(C(C)C)CC1. The Hall–Kier alpha value is -0.570. The molecule has 2 nitrogen and oxygen atoms in total. The molecule has 1 aromatic rings. The van der Waals surface area contributed by atoms with Crippen molar-refractivity contribution >= 4 is 11.6 Å². The molecule has 21 heavy (non-hydrogen) atoms. The zero-order valence-electron chi connectivity index (χ0n) is 13.4. The van der Waals surface area contributed by atoms with Gasteiger partial charge in [0.25, 0.3) is 0 Å². The quantitative estimate of drug-likeness (QED) is 0.861. The van der Waals surface area contributed by atoms with Crippen LogP contribution in [0, 0.1) is 24.2 Å². The fraction of sp³-hybridized carbons (Fsp3) is 0.667. The highest BCUT2D eigenvalue weighted by molar-refractivity contribution is 6.30. The Morgan fingerprint density at radius 2 is 1.95 bits per heavy atom. The lowest BCUT2D eigenvalue weighted by Crippen LogP contribution is -2.41. The number of benzene rings is 1. The molecular weight excluding hydrogens is 282 g/mol. The van der Waals surface area contributed by atoms with Crippen molar-refractivity contribution in [3.63, 3.8) is 0 Å². The molecule has 1 aliphatic carbocycles. The largest absolute Gasteiger partial charge is 0.388 e. The summed E-state index contributed by atoms with van der Waals surface area (Å²) in [6.07, 6.45) is 3.86. The van der Waals surface area contributed by atoms with Crippen molar-refractivity contribution in [1.82, 2.24) is 0 Å². The van der Waals surface area contributed by atoms with E-state index in [0.29, 0.717) is 11.6 Å². The number of aliphatic hydroxyl groups is 1. The number of nitrogens with two attached hydrogens (primary N) is 1. The molecule has 3 N–H and O–H groups in total. The maximum Gasteiger partial charge on any atom is 0.0860 e. The first-order chi connectivity index (χ1) is 9.89. The summed E-state index contributed by atoms with van der Waals surface area (Å²) in [5.41, 5.74) is 7.94. The van der Waals surface area contributed by atoms with Crippen molar-refractivity contribution in [2.24, 2.45) is 23.0 Å². The van der Waals surface area contributed by atoms with E-state index in [2.05, 4.69) is 13.8 Å². The summed E-state index contributed by atoms with van der Waals surface area (Å²) in [6, 6.07) is 5.73. The Balaban J connectivity index is 2.21. The summed E-state index contributed by atoms with van der Waals surface area (Å²) in [7, 11) is 0. The van der Waals surface area contributed by atoms with Gasteiger partial charge in [-0.05, 0) is 67.7 Å². The van der Waals surface area contributed by atoms with Crippen LogP contribution < -0.4 is 5.73 Å². The van der Waals surface area contributed by atoms with Crippen LogP contribution in [0.1, 0.15) is 56.8 Å². The molecule has 0 aromatic heterocycles. The van der Waals surface area contributed by atoms with Gasteiger partial charge in [0.15, 0.2) is 0 Å². The molecule has 1 aliphatic rings. The first kappa shape index (κ1) is 16.8. The van der Waals surface area contributed by atoms with Crippen LogP contribution >= 0.6 is 11.6 Å². The summed E-state index contributed by atoms with van der Waals surface area (Å²) < 4.78 is 0. The van der Waals surface area contributed by atoms with Crippen LogP contribution in [-0.2, 0) is 0 Å². The van der Waals surface area contributed by atoms with Gasteiger partial charge in [-0.1, -0.05) is 31.5 Å². The van der Waals surface area contributed by atoms with Gasteiger partial charge in [-0.2, -0.15) is 0 Å². The second-order valence-corrected chi connectivity index (χ2v) is 7.49. The Morgan fingerprint density at radius 3 is 2.43 bits per heavy atom. The Labute approximate surface area is 133 Å². The second kappa shape index (κ2) is 6.68. The van der Waals surface area contributed by atoms with E-state index >= 15 is 0 Å². The van der Waals surface area contributed by atoms with Gasteiger partial charge >= 0.3 is 0 Å². The van der Waals surface area contributed by atoms with E-state index in [1.807, 2.05) is 25.1 Å². The Morgan fingerprint density at radius 1 is 1.33 bits per heavy atom. The molecule has 0 bridgehead atoms. The van der Waals surface area contributed by atoms with Crippen LogP contribution in [0.4, 0.5) is 0 Å². The Kier molecular flexibility index (Phi) is 5.34. The van der Waals surface area contributed by atoms with Gasteiger partial charge < -0.3 is 10.8 Å². The van der Waals surface area contributed by atoms with Crippen LogP contribution in [-0.4, -0.2) is 11.7 Å². The molecule has 1 fully saturated rings. The van der Waals surface area contributed by atoms with Crippen LogP contribution in [0.15, 0.2) is 18.2 Å². The molecule has 1 atom stereocenters. The van der Waals surface area contributed by atoms with E-state index in [9.17, 15) is 5.11 Å². The molecule has 0 heterocycles. The van der Waals surface area contributed by atoms with E-state index in [0.717, 1.165) is 35.8 Å². The van der Waals surface area contributed by atoms with Gasteiger partial charge in [-0.3, -0.25) is 0 Å². The molecular formula is C18H28ClNO. The summed E-state index contributed by atoms with van der Waals surface area (Å²) in [4.78, 5) is 0. The van der Waals surface area contributed by atoms with Crippen molar-refractivity contribution in [3.8, 4) is 0 Å². The Bertz CT molecular complexity index is 478. The predicted molar refractivity (Wildman–Crippen MR) is 89.4 cm³/mol. The zero-order chi connectivity index (χ0) is 15.6. The van der Waals surface area contributed by atoms with Crippen molar-refractivity contribution in [2.75, 3.05) is 6.54 Å². The third-order valence-electron chi connectivity index (χ3n) is 5.48. The number of hydrogen-bond donors (Lipinski definition) is 2. The van der Waals surface area contributed by atoms with E-state index in [1.165, 1.54) is 12.8 Å². The lowest BCUT2D eigenvalue weighted by molar-refractivity contribution is -0.0151. The standard InChI is InChI=1S/C18H28ClNO/c1-12(2)14-6-8-18(11-20,9-7-14)17(21)16-5-4-15(19)10-13(16)3/h4-5,10,12,14,17,21H,6-9,11,20H2,1-3H3. The van der Waals surface area contributed by atoms with Crippen molar-refractivity contribution in [2.45, 2.75) is 52.6 Å². The highest BCUT2D eigenvalue weighted by atomic mass is 35.5. The first-order valence-electron chi connectivity index (χ1n) is 8.04.